The maximum Gasteiger partial charge on any atom is 0.490 e. The van der Waals surface area contributed by atoms with Gasteiger partial charge in [0.1, 0.15) is 5.69 Å². The van der Waals surface area contributed by atoms with Crippen LogP contribution < -0.4 is 5.32 Å². The van der Waals surface area contributed by atoms with Crippen molar-refractivity contribution in [2.75, 3.05) is 13.2 Å². The lowest BCUT2D eigenvalue weighted by atomic mass is 10.0. The molecule has 2 aliphatic heterocycles. The van der Waals surface area contributed by atoms with E-state index in [0.29, 0.717) is 11.7 Å². The van der Waals surface area contributed by atoms with Crippen LogP contribution >= 0.6 is 0 Å². The van der Waals surface area contributed by atoms with Crippen molar-refractivity contribution in [3.63, 3.8) is 0 Å². The maximum absolute atomic E-state index is 12.6. The molecule has 0 radical (unpaired) electrons. The summed E-state index contributed by atoms with van der Waals surface area (Å²) in [5.41, 5.74) is 1.84. The van der Waals surface area contributed by atoms with Crippen LogP contribution in [0.2, 0.25) is 0 Å². The standard InChI is InChI=1S/C18H23N3O3.C2HF3O2/c1-20-7-2-4-16(20)18(22)19-14-11-21(10-13-6-9-23-12-13)15-5-3-8-24-17(14)15;3-2(4,5)1(6)7/h2,4,6-7,9,12,14-15,17H,3,5,8,10-11H2,1H3,(H,19,22);(H,6,7)/t14-,15+,17+;/m0./s1. The van der Waals surface area contributed by atoms with Crippen molar-refractivity contribution in [1.29, 1.82) is 0 Å². The number of likely N-dealkylation sites (tertiary alicyclic amines) is 1. The molecule has 0 aromatic carbocycles. The van der Waals surface area contributed by atoms with Gasteiger partial charge in [0, 0.05) is 44.5 Å². The Hall–Kier alpha value is -2.79. The summed E-state index contributed by atoms with van der Waals surface area (Å²) in [5, 5.41) is 10.3. The smallest absolute Gasteiger partial charge is 0.475 e. The third-order valence-electron chi connectivity index (χ3n) is 5.33. The van der Waals surface area contributed by atoms with Gasteiger partial charge in [-0.2, -0.15) is 13.2 Å². The van der Waals surface area contributed by atoms with E-state index in [-0.39, 0.29) is 18.1 Å². The lowest BCUT2D eigenvalue weighted by molar-refractivity contribution is -0.192. The summed E-state index contributed by atoms with van der Waals surface area (Å²) in [5.74, 6) is -2.79. The minimum absolute atomic E-state index is 0.0181. The first-order valence-electron chi connectivity index (χ1n) is 9.76. The Bertz CT molecular complexity index is 881. The zero-order valence-corrected chi connectivity index (χ0v) is 16.8. The van der Waals surface area contributed by atoms with Crippen LogP contribution in [0.3, 0.4) is 0 Å². The topological polar surface area (TPSA) is 96.9 Å². The van der Waals surface area contributed by atoms with E-state index in [9.17, 15) is 18.0 Å². The summed E-state index contributed by atoms with van der Waals surface area (Å²) in [6.07, 6.45) is 2.54. The fourth-order valence-electron chi connectivity index (χ4n) is 3.92. The number of nitrogens with one attached hydrogen (secondary N) is 1. The van der Waals surface area contributed by atoms with E-state index >= 15 is 0 Å². The monoisotopic (exact) mass is 443 g/mol. The van der Waals surface area contributed by atoms with E-state index in [1.54, 1.807) is 12.5 Å². The fraction of sp³-hybridized carbons (Fsp3) is 0.500. The van der Waals surface area contributed by atoms with Crippen LogP contribution in [-0.2, 0) is 23.1 Å². The van der Waals surface area contributed by atoms with Crippen molar-refractivity contribution in [2.45, 2.75) is 43.8 Å². The summed E-state index contributed by atoms with van der Waals surface area (Å²) in [4.78, 5) is 23.9. The summed E-state index contributed by atoms with van der Waals surface area (Å²) < 4.78 is 44.8. The zero-order valence-electron chi connectivity index (χ0n) is 16.8. The molecule has 1 amide bonds. The number of nitrogens with zero attached hydrogens (tertiary/aromatic N) is 2. The number of alkyl halides is 3. The third kappa shape index (κ3) is 5.67. The van der Waals surface area contributed by atoms with Crippen LogP contribution in [0.1, 0.15) is 28.9 Å². The van der Waals surface area contributed by atoms with E-state index in [1.165, 1.54) is 0 Å². The van der Waals surface area contributed by atoms with E-state index in [0.717, 1.165) is 38.1 Å². The molecule has 3 atom stereocenters. The lowest BCUT2D eigenvalue weighted by Crippen LogP contribution is -2.47. The average molecular weight is 443 g/mol. The van der Waals surface area contributed by atoms with E-state index in [2.05, 4.69) is 10.2 Å². The van der Waals surface area contributed by atoms with Gasteiger partial charge in [-0.15, -0.1) is 0 Å². The second-order valence-electron chi connectivity index (χ2n) is 7.49. The average Bonchev–Trinajstić information content (AvgIpc) is 3.44. The van der Waals surface area contributed by atoms with Crippen molar-refractivity contribution >= 4 is 11.9 Å². The number of carbonyl (C=O) groups is 2. The third-order valence-corrected chi connectivity index (χ3v) is 5.33. The minimum Gasteiger partial charge on any atom is -0.475 e. The number of amides is 1. The molecule has 8 nitrogen and oxygen atoms in total. The Morgan fingerprint density at radius 3 is 2.65 bits per heavy atom. The number of carboxylic acids is 1. The van der Waals surface area contributed by atoms with Gasteiger partial charge in [-0.25, -0.2) is 4.79 Å². The van der Waals surface area contributed by atoms with Crippen LogP contribution in [0, 0.1) is 0 Å². The highest BCUT2D eigenvalue weighted by Gasteiger charge is 2.44. The molecule has 4 rings (SSSR count). The molecule has 2 saturated heterocycles. The fourth-order valence-corrected chi connectivity index (χ4v) is 3.92. The molecule has 31 heavy (non-hydrogen) atoms. The van der Waals surface area contributed by atoms with Crippen molar-refractivity contribution in [1.82, 2.24) is 14.8 Å². The van der Waals surface area contributed by atoms with E-state index in [4.69, 9.17) is 19.1 Å². The Kier molecular flexibility index (Phi) is 7.06. The molecule has 0 bridgehead atoms. The molecule has 2 N–H and O–H groups in total. The number of hydrogen-bond donors (Lipinski definition) is 2. The molecule has 2 aliphatic rings. The van der Waals surface area contributed by atoms with Crippen molar-refractivity contribution in [3.8, 4) is 0 Å². The number of aliphatic carboxylic acids is 1. The number of halogens is 3. The number of ether oxygens (including phenoxy) is 1. The van der Waals surface area contributed by atoms with Crippen molar-refractivity contribution in [3.05, 3.63) is 48.2 Å². The second-order valence-corrected chi connectivity index (χ2v) is 7.49. The molecule has 0 unspecified atom stereocenters. The predicted molar refractivity (Wildman–Crippen MR) is 102 cm³/mol. The van der Waals surface area contributed by atoms with Gasteiger partial charge in [0.15, 0.2) is 0 Å². The first-order chi connectivity index (χ1) is 14.7. The zero-order chi connectivity index (χ0) is 22.6. The molecule has 0 aliphatic carbocycles. The van der Waals surface area contributed by atoms with Crippen molar-refractivity contribution in [2.24, 2.45) is 7.05 Å². The van der Waals surface area contributed by atoms with Crippen LogP contribution in [-0.4, -0.2) is 64.0 Å². The van der Waals surface area contributed by atoms with Gasteiger partial charge in [-0.3, -0.25) is 9.69 Å². The Morgan fingerprint density at radius 2 is 2.06 bits per heavy atom. The molecular weight excluding hydrogens is 419 g/mol. The summed E-state index contributed by atoms with van der Waals surface area (Å²) in [6.45, 7) is 2.41. The Labute approximate surface area is 176 Å². The van der Waals surface area contributed by atoms with Crippen LogP contribution in [0.25, 0.3) is 0 Å². The first-order valence-corrected chi connectivity index (χ1v) is 9.76. The maximum atomic E-state index is 12.6. The molecule has 2 aromatic heterocycles. The van der Waals surface area contributed by atoms with E-state index < -0.39 is 12.1 Å². The molecule has 11 heteroatoms. The van der Waals surface area contributed by atoms with E-state index in [1.807, 2.05) is 36.0 Å². The number of carboxylic acid groups (broad SMARTS) is 1. The number of carbonyl (C=O) groups excluding carboxylic acids is 1. The van der Waals surface area contributed by atoms with Gasteiger partial charge >= 0.3 is 12.1 Å². The van der Waals surface area contributed by atoms with Crippen LogP contribution in [0.5, 0.6) is 0 Å². The molecule has 0 saturated carbocycles. The molecule has 170 valence electrons. The number of furan rings is 1. The summed E-state index contributed by atoms with van der Waals surface area (Å²) >= 11 is 0. The Balaban J connectivity index is 0.000000339. The summed E-state index contributed by atoms with van der Waals surface area (Å²) in [7, 11) is 1.88. The molecule has 0 spiro atoms. The highest BCUT2D eigenvalue weighted by molar-refractivity contribution is 5.93. The van der Waals surface area contributed by atoms with Gasteiger partial charge in [0.25, 0.3) is 5.91 Å². The first kappa shape index (κ1) is 22.9. The van der Waals surface area contributed by atoms with Gasteiger partial charge in [-0.05, 0) is 31.0 Å². The predicted octanol–water partition coefficient (Wildman–Crippen LogP) is 2.41. The van der Waals surface area contributed by atoms with Crippen LogP contribution in [0.4, 0.5) is 13.2 Å². The summed E-state index contributed by atoms with van der Waals surface area (Å²) in [6, 6.07) is 6.09. The molecule has 2 aromatic rings. The highest BCUT2D eigenvalue weighted by Crippen LogP contribution is 2.30. The second kappa shape index (κ2) is 9.56. The number of fused-ring (bicyclic) bond motifs is 1. The van der Waals surface area contributed by atoms with Gasteiger partial charge in [0.2, 0.25) is 0 Å². The largest absolute Gasteiger partial charge is 0.490 e. The molecule has 2 fully saturated rings. The lowest BCUT2D eigenvalue weighted by Gasteiger charge is -2.32. The number of hydrogen-bond acceptors (Lipinski definition) is 5. The quantitative estimate of drug-likeness (QED) is 0.754. The van der Waals surface area contributed by atoms with Gasteiger partial charge in [-0.1, -0.05) is 0 Å². The van der Waals surface area contributed by atoms with Crippen LogP contribution in [0.15, 0.2) is 41.3 Å². The SMILES string of the molecule is Cn1cccc1C(=O)N[C@H]1CN(Cc2ccoc2)[C@@H]2CCCO[C@H]12.O=C(O)C(F)(F)F. The number of rotatable bonds is 4. The molecule has 4 heterocycles. The van der Waals surface area contributed by atoms with Gasteiger partial charge < -0.3 is 24.1 Å². The highest BCUT2D eigenvalue weighted by atomic mass is 19.4. The van der Waals surface area contributed by atoms with Gasteiger partial charge in [0.05, 0.1) is 24.7 Å². The number of aryl methyl sites for hydroxylation is 1. The molecular formula is C20H24F3N3O5. The normalized spacial score (nSPS) is 23.5. The Morgan fingerprint density at radius 1 is 1.32 bits per heavy atom. The van der Waals surface area contributed by atoms with Crippen molar-refractivity contribution < 1.29 is 37.0 Å². The minimum atomic E-state index is -5.08. The number of aromatic nitrogens is 1.